The number of nitro groups is 1. The standard InChI is InChI=1S/C31H31BrFN5O9/c1-4-45-25-13-20(28-27(30(40)44-3)17(2)35-31(41)36-28)7-10-24(25)46-16-26(39)37-34-14-19-11-22(32)29(23(12-19)38(42)43)47-15-18-5-8-21(33)9-6-18/h5-14,26,28,37,39H,4,15-16H2,1-3H3,(H2,35,36,41)/b34-14+/t26-,28-/m1/s1. The lowest BCUT2D eigenvalue weighted by atomic mass is 9.95. The van der Waals surface area contributed by atoms with Crippen LogP contribution in [0.25, 0.3) is 0 Å². The third-order valence-electron chi connectivity index (χ3n) is 6.65. The Bertz CT molecular complexity index is 1700. The molecule has 14 nitrogen and oxygen atoms in total. The molecule has 1 aliphatic rings. The molecule has 4 N–H and O–H groups in total. The van der Waals surface area contributed by atoms with E-state index in [1.807, 2.05) is 0 Å². The van der Waals surface area contributed by atoms with Gasteiger partial charge in [0.2, 0.25) is 5.75 Å². The first kappa shape index (κ1) is 34.6. The number of carbonyl (C=O) groups is 2. The highest BCUT2D eigenvalue weighted by Crippen LogP contribution is 2.37. The maximum atomic E-state index is 13.2. The van der Waals surface area contributed by atoms with Gasteiger partial charge in [-0.05, 0) is 71.2 Å². The van der Waals surface area contributed by atoms with E-state index in [1.165, 1.54) is 43.7 Å². The van der Waals surface area contributed by atoms with Gasteiger partial charge in [0, 0.05) is 17.3 Å². The number of hydrogen-bond donors (Lipinski definition) is 4. The van der Waals surface area contributed by atoms with E-state index < -0.39 is 35.0 Å². The molecule has 0 fully saturated rings. The molecular formula is C31H31BrFN5O9. The number of esters is 1. The minimum absolute atomic E-state index is 0.01000. The Kier molecular flexibility index (Phi) is 11.7. The molecule has 0 aliphatic carbocycles. The normalized spacial score (nSPS) is 15.0. The molecular weight excluding hydrogens is 685 g/mol. The molecule has 1 heterocycles. The zero-order valence-corrected chi connectivity index (χ0v) is 27.0. The lowest BCUT2D eigenvalue weighted by molar-refractivity contribution is -0.386. The maximum absolute atomic E-state index is 13.2. The van der Waals surface area contributed by atoms with E-state index in [4.69, 9.17) is 18.9 Å². The molecule has 0 radical (unpaired) electrons. The first-order valence-corrected chi connectivity index (χ1v) is 14.9. The number of nitrogens with one attached hydrogen (secondary N) is 3. The minimum Gasteiger partial charge on any atom is -0.490 e. The highest BCUT2D eigenvalue weighted by Gasteiger charge is 2.32. The number of benzene rings is 3. The van der Waals surface area contributed by atoms with Crippen molar-refractivity contribution in [1.82, 2.24) is 16.1 Å². The van der Waals surface area contributed by atoms with Crippen LogP contribution in [0.2, 0.25) is 0 Å². The zero-order chi connectivity index (χ0) is 34.1. The summed E-state index contributed by atoms with van der Waals surface area (Å²) in [5.41, 5.74) is 4.22. The van der Waals surface area contributed by atoms with E-state index in [2.05, 4.69) is 37.1 Å². The first-order chi connectivity index (χ1) is 22.5. The van der Waals surface area contributed by atoms with Crippen LogP contribution in [0.5, 0.6) is 17.2 Å². The van der Waals surface area contributed by atoms with E-state index in [1.54, 1.807) is 38.1 Å². The summed E-state index contributed by atoms with van der Waals surface area (Å²) in [4.78, 5) is 35.7. The van der Waals surface area contributed by atoms with Gasteiger partial charge in [0.1, 0.15) is 19.0 Å². The van der Waals surface area contributed by atoms with Crippen LogP contribution in [0.15, 0.2) is 75.4 Å². The fourth-order valence-corrected chi connectivity index (χ4v) is 5.09. The van der Waals surface area contributed by atoms with Crippen molar-refractivity contribution in [3.05, 3.63) is 103 Å². The van der Waals surface area contributed by atoms with Gasteiger partial charge in [-0.1, -0.05) is 18.2 Å². The maximum Gasteiger partial charge on any atom is 0.337 e. The molecule has 2 amide bonds. The first-order valence-electron chi connectivity index (χ1n) is 14.1. The van der Waals surface area contributed by atoms with Gasteiger partial charge in [-0.15, -0.1) is 0 Å². The van der Waals surface area contributed by atoms with Crippen LogP contribution in [0.4, 0.5) is 14.9 Å². The molecule has 3 aromatic rings. The Morgan fingerprint density at radius 1 is 1.17 bits per heavy atom. The summed E-state index contributed by atoms with van der Waals surface area (Å²) < 4.78 is 35.4. The van der Waals surface area contributed by atoms with Crippen molar-refractivity contribution in [2.45, 2.75) is 32.7 Å². The summed E-state index contributed by atoms with van der Waals surface area (Å²) in [5.74, 6) is -0.454. The average molecular weight is 717 g/mol. The molecule has 248 valence electrons. The van der Waals surface area contributed by atoms with Gasteiger partial charge in [0.25, 0.3) is 0 Å². The highest BCUT2D eigenvalue weighted by atomic mass is 79.9. The van der Waals surface area contributed by atoms with Gasteiger partial charge in [-0.3, -0.25) is 15.5 Å². The molecule has 16 heteroatoms. The molecule has 0 saturated carbocycles. The summed E-state index contributed by atoms with van der Waals surface area (Å²) in [6.07, 6.45) is -0.0234. The molecule has 0 unspecified atom stereocenters. The number of amides is 2. The lowest BCUT2D eigenvalue weighted by Gasteiger charge is -2.28. The van der Waals surface area contributed by atoms with Crippen LogP contribution in [-0.2, 0) is 16.1 Å². The number of aliphatic hydroxyl groups is 1. The van der Waals surface area contributed by atoms with Crippen LogP contribution in [0.3, 0.4) is 0 Å². The van der Waals surface area contributed by atoms with Crippen molar-refractivity contribution in [3.63, 3.8) is 0 Å². The van der Waals surface area contributed by atoms with Crippen LogP contribution in [0.1, 0.15) is 36.6 Å². The number of allylic oxidation sites excluding steroid dienone is 1. The number of ether oxygens (including phenoxy) is 4. The van der Waals surface area contributed by atoms with E-state index in [9.17, 15) is 29.2 Å². The second-order valence-corrected chi connectivity index (χ2v) is 10.8. The van der Waals surface area contributed by atoms with Gasteiger partial charge < -0.3 is 34.7 Å². The molecule has 0 spiro atoms. The van der Waals surface area contributed by atoms with E-state index in [0.717, 1.165) is 0 Å². The predicted octanol–water partition coefficient (Wildman–Crippen LogP) is 4.60. The molecule has 4 rings (SSSR count). The second kappa shape index (κ2) is 15.9. The van der Waals surface area contributed by atoms with Crippen LogP contribution >= 0.6 is 15.9 Å². The number of carbonyl (C=O) groups excluding carboxylic acids is 2. The molecule has 0 aromatic heterocycles. The van der Waals surface area contributed by atoms with Crippen LogP contribution in [0, 0.1) is 15.9 Å². The number of aliphatic hydroxyl groups excluding tert-OH is 1. The highest BCUT2D eigenvalue weighted by molar-refractivity contribution is 9.10. The number of nitro benzene ring substituents is 1. The summed E-state index contributed by atoms with van der Waals surface area (Å²) >= 11 is 3.29. The Balaban J connectivity index is 1.41. The zero-order valence-electron chi connectivity index (χ0n) is 25.4. The van der Waals surface area contributed by atoms with Gasteiger partial charge in [-0.2, -0.15) is 5.10 Å². The molecule has 2 atom stereocenters. The Labute approximate surface area is 276 Å². The quantitative estimate of drug-likeness (QED) is 0.0605. The summed E-state index contributed by atoms with van der Waals surface area (Å²) in [6.45, 7) is 3.35. The Hall–Kier alpha value is -5.22. The molecule has 0 bridgehead atoms. The minimum atomic E-state index is -1.29. The fourth-order valence-electron chi connectivity index (χ4n) is 4.51. The number of halogens is 2. The van der Waals surface area contributed by atoms with Gasteiger partial charge in [0.05, 0.1) is 40.9 Å². The predicted molar refractivity (Wildman–Crippen MR) is 170 cm³/mol. The molecule has 47 heavy (non-hydrogen) atoms. The number of methoxy groups -OCH3 is 1. The molecule has 3 aromatic carbocycles. The van der Waals surface area contributed by atoms with Crippen LogP contribution in [-0.4, -0.2) is 54.8 Å². The van der Waals surface area contributed by atoms with E-state index in [0.29, 0.717) is 32.6 Å². The third-order valence-corrected chi connectivity index (χ3v) is 7.24. The SMILES string of the molecule is CCOc1cc([C@H]2NC(=O)NC(C)=C2C(=O)OC)ccc1OC[C@@H](O)N/N=C/c1cc(Br)c(OCc2ccc(F)cc2)c([N+](=O)[O-])c1. The lowest BCUT2D eigenvalue weighted by Crippen LogP contribution is -2.45. The second-order valence-electron chi connectivity index (χ2n) is 9.94. The largest absolute Gasteiger partial charge is 0.490 e. The Morgan fingerprint density at radius 2 is 1.91 bits per heavy atom. The van der Waals surface area contributed by atoms with Crippen molar-refractivity contribution in [3.8, 4) is 17.2 Å². The smallest absolute Gasteiger partial charge is 0.337 e. The molecule has 1 aliphatic heterocycles. The van der Waals surface area contributed by atoms with Crippen molar-refractivity contribution in [1.29, 1.82) is 0 Å². The van der Waals surface area contributed by atoms with Gasteiger partial charge in [-0.25, -0.2) is 14.0 Å². The summed E-state index contributed by atoms with van der Waals surface area (Å²) in [5, 5.41) is 31.4. The van der Waals surface area contributed by atoms with E-state index in [-0.39, 0.29) is 42.6 Å². The monoisotopic (exact) mass is 715 g/mol. The van der Waals surface area contributed by atoms with Gasteiger partial charge >= 0.3 is 17.7 Å². The molecule has 0 saturated heterocycles. The Morgan fingerprint density at radius 3 is 2.60 bits per heavy atom. The van der Waals surface area contributed by atoms with Crippen molar-refractivity contribution >= 4 is 39.8 Å². The van der Waals surface area contributed by atoms with Crippen LogP contribution < -0.4 is 30.3 Å². The van der Waals surface area contributed by atoms with Gasteiger partial charge in [0.15, 0.2) is 17.7 Å². The summed E-state index contributed by atoms with van der Waals surface area (Å²) in [6, 6.07) is 11.9. The number of rotatable bonds is 14. The number of urea groups is 1. The number of hydrazone groups is 1. The third kappa shape index (κ3) is 8.95. The van der Waals surface area contributed by atoms with Crippen molar-refractivity contribution < 1.29 is 43.0 Å². The topological polar surface area (TPSA) is 183 Å². The summed E-state index contributed by atoms with van der Waals surface area (Å²) in [7, 11) is 1.25. The van der Waals surface area contributed by atoms with Crippen molar-refractivity contribution in [2.75, 3.05) is 20.3 Å². The average Bonchev–Trinajstić information content (AvgIpc) is 3.03. The van der Waals surface area contributed by atoms with E-state index >= 15 is 0 Å². The number of nitrogens with zero attached hydrogens (tertiary/aromatic N) is 2. The fraction of sp³-hybridized carbons (Fsp3) is 0.258. The van der Waals surface area contributed by atoms with Crippen molar-refractivity contribution in [2.24, 2.45) is 5.10 Å². The number of hydrogen-bond acceptors (Lipinski definition) is 11.